The van der Waals surface area contributed by atoms with Crippen molar-refractivity contribution in [1.82, 2.24) is 15.5 Å². The molecule has 0 radical (unpaired) electrons. The maximum atomic E-state index is 12.8. The van der Waals surface area contributed by atoms with E-state index in [4.69, 9.17) is 4.74 Å². The maximum absolute atomic E-state index is 12.8. The van der Waals surface area contributed by atoms with Gasteiger partial charge in [-0.2, -0.15) is 0 Å². The van der Waals surface area contributed by atoms with Gasteiger partial charge in [0.15, 0.2) is 0 Å². The summed E-state index contributed by atoms with van der Waals surface area (Å²) in [5.74, 6) is -1.73. The maximum Gasteiger partial charge on any atom is 0.407 e. The number of likely N-dealkylation sites (N-methyl/N-ethyl adjacent to an activating group) is 1. The van der Waals surface area contributed by atoms with Gasteiger partial charge in [0.05, 0.1) is 0 Å². The number of ether oxygens (including phenoxy) is 1. The number of rotatable bonds is 9. The minimum absolute atomic E-state index is 0.0547. The van der Waals surface area contributed by atoms with Crippen molar-refractivity contribution < 1.29 is 24.2 Å². The van der Waals surface area contributed by atoms with E-state index in [9.17, 15) is 19.5 Å². The Morgan fingerprint density at radius 1 is 1.00 bits per heavy atom. The Labute approximate surface area is 192 Å². The number of hydrogen-bond acceptors (Lipinski definition) is 5. The molecule has 4 rings (SSSR count). The van der Waals surface area contributed by atoms with Crippen molar-refractivity contribution in [2.75, 3.05) is 27.2 Å². The van der Waals surface area contributed by atoms with Crippen LogP contribution in [0.1, 0.15) is 29.9 Å². The van der Waals surface area contributed by atoms with Crippen LogP contribution in [0.5, 0.6) is 0 Å². The predicted molar refractivity (Wildman–Crippen MR) is 123 cm³/mol. The molecule has 2 atom stereocenters. The van der Waals surface area contributed by atoms with Crippen LogP contribution >= 0.6 is 0 Å². The van der Waals surface area contributed by atoms with Gasteiger partial charge in [0.25, 0.3) is 0 Å². The fourth-order valence-corrected chi connectivity index (χ4v) is 4.41. The van der Waals surface area contributed by atoms with Crippen LogP contribution in [0.25, 0.3) is 11.1 Å². The Bertz CT molecular complexity index is 1000. The van der Waals surface area contributed by atoms with Crippen molar-refractivity contribution in [3.63, 3.8) is 0 Å². The lowest BCUT2D eigenvalue weighted by Gasteiger charge is -2.24. The lowest BCUT2D eigenvalue weighted by molar-refractivity contribution is -0.142. The molecule has 2 aliphatic carbocycles. The Morgan fingerprint density at radius 3 is 2.09 bits per heavy atom. The first-order chi connectivity index (χ1) is 15.8. The van der Waals surface area contributed by atoms with Crippen LogP contribution in [-0.4, -0.2) is 67.3 Å². The zero-order valence-corrected chi connectivity index (χ0v) is 18.8. The average Bonchev–Trinajstić information content (AvgIpc) is 3.57. The standard InChI is InChI=1S/C25H29N3O5/c1-28(2)13-21(23(29)27-22(24(30)31)15-11-12-15)26-25(32)33-14-20-18-9-5-3-7-16(18)17-8-4-6-10-19(17)20/h3-10,15,20-22H,11-14H2,1-2H3,(H,26,32)(H,27,29)(H,30,31)/t21-,22?/m0/s1. The van der Waals surface area contributed by atoms with Crippen molar-refractivity contribution in [2.45, 2.75) is 30.8 Å². The smallest absolute Gasteiger partial charge is 0.407 e. The zero-order chi connectivity index (χ0) is 23.5. The molecule has 1 fully saturated rings. The normalized spacial score (nSPS) is 16.5. The molecule has 3 N–H and O–H groups in total. The second-order valence-corrected chi connectivity index (χ2v) is 8.95. The third-order valence-electron chi connectivity index (χ3n) is 6.16. The number of carbonyl (C=O) groups is 3. The van der Waals surface area contributed by atoms with Crippen LogP contribution in [0, 0.1) is 5.92 Å². The van der Waals surface area contributed by atoms with Crippen LogP contribution < -0.4 is 10.6 Å². The van der Waals surface area contributed by atoms with Crippen LogP contribution in [0.4, 0.5) is 4.79 Å². The lowest BCUT2D eigenvalue weighted by atomic mass is 9.98. The minimum atomic E-state index is -1.06. The van der Waals surface area contributed by atoms with Crippen LogP contribution in [-0.2, 0) is 14.3 Å². The molecular formula is C25H29N3O5. The highest BCUT2D eigenvalue weighted by Crippen LogP contribution is 2.44. The average molecular weight is 452 g/mol. The van der Waals surface area contributed by atoms with Gasteiger partial charge >= 0.3 is 12.1 Å². The summed E-state index contributed by atoms with van der Waals surface area (Å²) in [4.78, 5) is 38.7. The molecule has 8 nitrogen and oxygen atoms in total. The van der Waals surface area contributed by atoms with Gasteiger partial charge in [0.2, 0.25) is 5.91 Å². The van der Waals surface area contributed by atoms with Crippen molar-refractivity contribution in [1.29, 1.82) is 0 Å². The van der Waals surface area contributed by atoms with Gasteiger partial charge in [0.1, 0.15) is 18.7 Å². The van der Waals surface area contributed by atoms with Gasteiger partial charge < -0.3 is 25.4 Å². The minimum Gasteiger partial charge on any atom is -0.480 e. The molecule has 2 aromatic carbocycles. The fraction of sp³-hybridized carbons (Fsp3) is 0.400. The summed E-state index contributed by atoms with van der Waals surface area (Å²) in [6.07, 6.45) is 0.835. The molecule has 0 aromatic heterocycles. The number of alkyl carbamates (subject to hydrolysis) is 1. The fourth-order valence-electron chi connectivity index (χ4n) is 4.41. The molecule has 174 valence electrons. The number of amides is 2. The Balaban J connectivity index is 1.41. The molecule has 33 heavy (non-hydrogen) atoms. The number of carbonyl (C=O) groups excluding carboxylic acids is 2. The number of nitrogens with zero attached hydrogens (tertiary/aromatic N) is 1. The van der Waals surface area contributed by atoms with Gasteiger partial charge in [-0.25, -0.2) is 9.59 Å². The number of benzene rings is 2. The van der Waals surface area contributed by atoms with E-state index in [2.05, 4.69) is 22.8 Å². The van der Waals surface area contributed by atoms with E-state index in [0.717, 1.165) is 35.1 Å². The van der Waals surface area contributed by atoms with Gasteiger partial charge in [-0.3, -0.25) is 4.79 Å². The summed E-state index contributed by atoms with van der Waals surface area (Å²) in [6, 6.07) is 14.2. The second kappa shape index (κ2) is 9.62. The van der Waals surface area contributed by atoms with E-state index >= 15 is 0 Å². The summed E-state index contributed by atoms with van der Waals surface area (Å²) in [7, 11) is 3.55. The summed E-state index contributed by atoms with van der Waals surface area (Å²) < 4.78 is 5.55. The largest absolute Gasteiger partial charge is 0.480 e. The molecule has 2 amide bonds. The van der Waals surface area contributed by atoms with E-state index in [1.54, 1.807) is 19.0 Å². The number of carboxylic acid groups (broad SMARTS) is 1. The molecule has 0 saturated heterocycles. The number of nitrogens with one attached hydrogen (secondary N) is 2. The SMILES string of the molecule is CN(C)C[C@H](NC(=O)OCC1c2ccccc2-c2ccccc21)C(=O)NC(C(=O)O)C1CC1. The van der Waals surface area contributed by atoms with Gasteiger partial charge in [-0.1, -0.05) is 48.5 Å². The molecule has 2 aliphatic rings. The highest BCUT2D eigenvalue weighted by atomic mass is 16.5. The van der Waals surface area contributed by atoms with Gasteiger partial charge in [-0.15, -0.1) is 0 Å². The molecule has 0 aliphatic heterocycles. The summed E-state index contributed by atoms with van der Waals surface area (Å²) in [5.41, 5.74) is 4.46. The highest BCUT2D eigenvalue weighted by Gasteiger charge is 2.39. The van der Waals surface area contributed by atoms with Crippen molar-refractivity contribution in [2.24, 2.45) is 5.92 Å². The zero-order valence-electron chi connectivity index (χ0n) is 18.8. The first kappa shape index (κ1) is 22.8. The molecular weight excluding hydrogens is 422 g/mol. The second-order valence-electron chi connectivity index (χ2n) is 8.95. The quantitative estimate of drug-likeness (QED) is 0.541. The third-order valence-corrected chi connectivity index (χ3v) is 6.16. The van der Waals surface area contributed by atoms with E-state index in [0.29, 0.717) is 0 Å². The number of carboxylic acids is 1. The number of aliphatic carboxylic acids is 1. The Hall–Kier alpha value is -3.39. The van der Waals surface area contributed by atoms with Crippen molar-refractivity contribution in [3.8, 4) is 11.1 Å². The Morgan fingerprint density at radius 2 is 1.58 bits per heavy atom. The van der Waals surface area contributed by atoms with Crippen LogP contribution in [0.15, 0.2) is 48.5 Å². The van der Waals surface area contributed by atoms with Crippen LogP contribution in [0.3, 0.4) is 0 Å². The summed E-state index contributed by atoms with van der Waals surface area (Å²) in [6.45, 7) is 0.350. The molecule has 1 saturated carbocycles. The van der Waals surface area contributed by atoms with Gasteiger partial charge in [0, 0.05) is 12.5 Å². The monoisotopic (exact) mass is 451 g/mol. The highest BCUT2D eigenvalue weighted by molar-refractivity contribution is 5.89. The topological polar surface area (TPSA) is 108 Å². The molecule has 1 unspecified atom stereocenters. The van der Waals surface area contributed by atoms with E-state index < -0.39 is 30.1 Å². The summed E-state index contributed by atoms with van der Waals surface area (Å²) >= 11 is 0. The molecule has 0 bridgehead atoms. The van der Waals surface area contributed by atoms with E-state index in [1.807, 2.05) is 36.4 Å². The molecule has 2 aromatic rings. The van der Waals surface area contributed by atoms with Crippen molar-refractivity contribution >= 4 is 18.0 Å². The van der Waals surface area contributed by atoms with E-state index in [-0.39, 0.29) is 25.0 Å². The molecule has 0 spiro atoms. The first-order valence-corrected chi connectivity index (χ1v) is 11.1. The lowest BCUT2D eigenvalue weighted by Crippen LogP contribution is -2.55. The number of fused-ring (bicyclic) bond motifs is 3. The molecule has 8 heteroatoms. The third kappa shape index (κ3) is 5.17. The van der Waals surface area contributed by atoms with Crippen LogP contribution in [0.2, 0.25) is 0 Å². The first-order valence-electron chi connectivity index (χ1n) is 11.1. The van der Waals surface area contributed by atoms with E-state index in [1.165, 1.54) is 0 Å². The summed E-state index contributed by atoms with van der Waals surface area (Å²) in [5, 5.41) is 14.6. The van der Waals surface area contributed by atoms with Gasteiger partial charge in [-0.05, 0) is 55.1 Å². The molecule has 0 heterocycles. The Kier molecular flexibility index (Phi) is 6.65. The van der Waals surface area contributed by atoms with Crippen molar-refractivity contribution in [3.05, 3.63) is 59.7 Å². The predicted octanol–water partition coefficient (Wildman–Crippen LogP) is 2.43. The number of hydrogen-bond donors (Lipinski definition) is 3.